The molecule has 1 saturated heterocycles. The number of rotatable bonds is 3. The predicted octanol–water partition coefficient (Wildman–Crippen LogP) is 2.15. The van der Waals surface area contributed by atoms with Gasteiger partial charge in [-0.1, -0.05) is 0 Å². The first kappa shape index (κ1) is 14.8. The minimum absolute atomic E-state index is 0.151. The largest absolute Gasteiger partial charge is 0.368 e. The van der Waals surface area contributed by atoms with E-state index < -0.39 is 0 Å². The molecule has 0 spiro atoms. The molecule has 0 saturated carbocycles. The maximum absolute atomic E-state index is 12.1. The van der Waals surface area contributed by atoms with Crippen molar-refractivity contribution in [2.45, 2.75) is 18.9 Å². The van der Waals surface area contributed by atoms with Crippen molar-refractivity contribution in [1.82, 2.24) is 19.5 Å². The SMILES string of the molecule is Cn1cncc1-c1ccc2cnc(NC(=O)[C@H]3CCCO3)cc2n1. The quantitative estimate of drug-likeness (QED) is 0.798. The van der Waals surface area contributed by atoms with Crippen molar-refractivity contribution in [2.24, 2.45) is 7.05 Å². The number of amides is 1. The summed E-state index contributed by atoms with van der Waals surface area (Å²) in [6.45, 7) is 0.638. The first-order valence-electron chi connectivity index (χ1n) is 7.87. The van der Waals surface area contributed by atoms with Crippen LogP contribution in [0, 0.1) is 0 Å². The average molecular weight is 323 g/mol. The minimum atomic E-state index is -0.378. The minimum Gasteiger partial charge on any atom is -0.368 e. The molecule has 1 N–H and O–H groups in total. The van der Waals surface area contributed by atoms with Gasteiger partial charge >= 0.3 is 0 Å². The van der Waals surface area contributed by atoms with Crippen LogP contribution in [0.2, 0.25) is 0 Å². The number of hydrogen-bond acceptors (Lipinski definition) is 5. The van der Waals surface area contributed by atoms with Crippen LogP contribution >= 0.6 is 0 Å². The number of aromatic nitrogens is 4. The number of carbonyl (C=O) groups excluding carboxylic acids is 1. The third-order valence-corrected chi connectivity index (χ3v) is 4.13. The molecule has 1 fully saturated rings. The molecule has 0 unspecified atom stereocenters. The number of aryl methyl sites for hydroxylation is 1. The second-order valence-electron chi connectivity index (χ2n) is 5.84. The Labute approximate surface area is 138 Å². The second-order valence-corrected chi connectivity index (χ2v) is 5.84. The van der Waals surface area contributed by atoms with Gasteiger partial charge in [0.25, 0.3) is 5.91 Å². The summed E-state index contributed by atoms with van der Waals surface area (Å²) in [7, 11) is 1.92. The highest BCUT2D eigenvalue weighted by atomic mass is 16.5. The first-order chi connectivity index (χ1) is 11.7. The summed E-state index contributed by atoms with van der Waals surface area (Å²) in [5, 5.41) is 3.72. The van der Waals surface area contributed by atoms with Gasteiger partial charge in [0.05, 0.1) is 29.4 Å². The van der Waals surface area contributed by atoms with Gasteiger partial charge in [-0.25, -0.2) is 15.0 Å². The molecule has 0 aromatic carbocycles. The molecular weight excluding hydrogens is 306 g/mol. The summed E-state index contributed by atoms with van der Waals surface area (Å²) >= 11 is 0. The molecule has 0 aliphatic carbocycles. The Bertz CT molecular complexity index is 899. The number of nitrogens with one attached hydrogen (secondary N) is 1. The lowest BCUT2D eigenvalue weighted by Crippen LogP contribution is -2.27. The van der Waals surface area contributed by atoms with Crippen LogP contribution in [0.4, 0.5) is 5.82 Å². The predicted molar refractivity (Wildman–Crippen MR) is 89.3 cm³/mol. The Morgan fingerprint density at radius 1 is 1.38 bits per heavy atom. The van der Waals surface area contributed by atoms with E-state index in [0.29, 0.717) is 12.4 Å². The summed E-state index contributed by atoms with van der Waals surface area (Å²) in [6.07, 6.45) is 6.51. The van der Waals surface area contributed by atoms with Crippen molar-refractivity contribution in [3.8, 4) is 11.4 Å². The molecule has 1 aliphatic heterocycles. The average Bonchev–Trinajstić information content (AvgIpc) is 3.25. The van der Waals surface area contributed by atoms with Crippen molar-refractivity contribution in [3.05, 3.63) is 36.9 Å². The van der Waals surface area contributed by atoms with Gasteiger partial charge in [0, 0.05) is 31.3 Å². The molecular formula is C17H17N5O2. The first-order valence-corrected chi connectivity index (χ1v) is 7.87. The standard InChI is InChI=1S/C17H17N5O2/c1-22-10-18-9-14(22)12-5-4-11-8-19-16(7-13(11)20-12)21-17(23)15-3-2-6-24-15/h4-5,7-10,15H,2-3,6H2,1H3,(H,19,21,23)/t15-/m1/s1. The van der Waals surface area contributed by atoms with Gasteiger partial charge in [0.2, 0.25) is 0 Å². The van der Waals surface area contributed by atoms with Crippen molar-refractivity contribution >= 4 is 22.6 Å². The van der Waals surface area contributed by atoms with E-state index in [0.717, 1.165) is 35.1 Å². The van der Waals surface area contributed by atoms with Gasteiger partial charge in [-0.05, 0) is 25.0 Å². The van der Waals surface area contributed by atoms with E-state index in [1.807, 2.05) is 23.7 Å². The van der Waals surface area contributed by atoms with Gasteiger partial charge < -0.3 is 14.6 Å². The van der Waals surface area contributed by atoms with E-state index in [4.69, 9.17) is 4.74 Å². The Morgan fingerprint density at radius 2 is 2.29 bits per heavy atom. The second kappa shape index (κ2) is 6.01. The summed E-state index contributed by atoms with van der Waals surface area (Å²) in [5.74, 6) is 0.333. The molecule has 7 heteroatoms. The highest BCUT2D eigenvalue weighted by Gasteiger charge is 2.23. The highest BCUT2D eigenvalue weighted by molar-refractivity contribution is 5.95. The molecule has 4 heterocycles. The zero-order valence-electron chi connectivity index (χ0n) is 13.3. The maximum atomic E-state index is 12.1. The van der Waals surface area contributed by atoms with Crippen LogP contribution in [0.15, 0.2) is 36.9 Å². The zero-order valence-corrected chi connectivity index (χ0v) is 13.3. The summed E-state index contributed by atoms with van der Waals surface area (Å²) in [5.41, 5.74) is 2.52. The number of carbonyl (C=O) groups is 1. The van der Waals surface area contributed by atoms with Crippen LogP contribution < -0.4 is 5.32 Å². The number of imidazole rings is 1. The number of fused-ring (bicyclic) bond motifs is 1. The fraction of sp³-hybridized carbons (Fsp3) is 0.294. The Kier molecular flexibility index (Phi) is 3.70. The molecule has 7 nitrogen and oxygen atoms in total. The zero-order chi connectivity index (χ0) is 16.5. The normalized spacial score (nSPS) is 17.3. The number of pyridine rings is 2. The van der Waals surface area contributed by atoms with Crippen molar-refractivity contribution in [1.29, 1.82) is 0 Å². The molecule has 24 heavy (non-hydrogen) atoms. The number of ether oxygens (including phenoxy) is 1. The van der Waals surface area contributed by atoms with E-state index in [1.54, 1.807) is 24.8 Å². The molecule has 3 aromatic rings. The van der Waals surface area contributed by atoms with Crippen LogP contribution in [-0.4, -0.2) is 38.1 Å². The van der Waals surface area contributed by atoms with Gasteiger partial charge in [0.1, 0.15) is 11.9 Å². The fourth-order valence-electron chi connectivity index (χ4n) is 2.82. The fourth-order valence-corrected chi connectivity index (χ4v) is 2.82. The molecule has 3 aromatic heterocycles. The van der Waals surface area contributed by atoms with E-state index >= 15 is 0 Å². The lowest BCUT2D eigenvalue weighted by atomic mass is 10.2. The maximum Gasteiger partial charge on any atom is 0.254 e. The molecule has 1 atom stereocenters. The van der Waals surface area contributed by atoms with E-state index in [-0.39, 0.29) is 12.0 Å². The lowest BCUT2D eigenvalue weighted by Gasteiger charge is -2.10. The van der Waals surface area contributed by atoms with E-state index in [9.17, 15) is 4.79 Å². The van der Waals surface area contributed by atoms with Crippen LogP contribution in [0.1, 0.15) is 12.8 Å². The third kappa shape index (κ3) is 2.74. The summed E-state index contributed by atoms with van der Waals surface area (Å²) < 4.78 is 7.30. The number of anilines is 1. The van der Waals surface area contributed by atoms with E-state index in [2.05, 4.69) is 20.3 Å². The summed E-state index contributed by atoms with van der Waals surface area (Å²) in [6, 6.07) is 5.68. The number of nitrogens with zero attached hydrogens (tertiary/aromatic N) is 4. The Hall–Kier alpha value is -2.80. The van der Waals surface area contributed by atoms with Gasteiger partial charge in [0.15, 0.2) is 0 Å². The van der Waals surface area contributed by atoms with Gasteiger partial charge in [-0.15, -0.1) is 0 Å². The smallest absolute Gasteiger partial charge is 0.254 e. The Morgan fingerprint density at radius 3 is 3.04 bits per heavy atom. The number of hydrogen-bond donors (Lipinski definition) is 1. The molecule has 1 aliphatic rings. The van der Waals surface area contributed by atoms with Crippen LogP contribution in [0.5, 0.6) is 0 Å². The monoisotopic (exact) mass is 323 g/mol. The highest BCUT2D eigenvalue weighted by Crippen LogP contribution is 2.22. The summed E-state index contributed by atoms with van der Waals surface area (Å²) in [4.78, 5) is 25.2. The Balaban J connectivity index is 1.64. The van der Waals surface area contributed by atoms with Crippen molar-refractivity contribution in [2.75, 3.05) is 11.9 Å². The van der Waals surface area contributed by atoms with E-state index in [1.165, 1.54) is 0 Å². The molecule has 4 rings (SSSR count). The molecule has 1 amide bonds. The molecule has 122 valence electrons. The van der Waals surface area contributed by atoms with Crippen molar-refractivity contribution in [3.63, 3.8) is 0 Å². The molecule has 0 bridgehead atoms. The third-order valence-electron chi connectivity index (χ3n) is 4.13. The van der Waals surface area contributed by atoms with Crippen LogP contribution in [0.25, 0.3) is 22.3 Å². The van der Waals surface area contributed by atoms with Crippen LogP contribution in [-0.2, 0) is 16.6 Å². The van der Waals surface area contributed by atoms with Crippen molar-refractivity contribution < 1.29 is 9.53 Å². The van der Waals surface area contributed by atoms with Crippen LogP contribution in [0.3, 0.4) is 0 Å². The van der Waals surface area contributed by atoms with Gasteiger partial charge in [-0.2, -0.15) is 0 Å². The van der Waals surface area contributed by atoms with Gasteiger partial charge in [-0.3, -0.25) is 4.79 Å². The lowest BCUT2D eigenvalue weighted by molar-refractivity contribution is -0.124. The molecule has 0 radical (unpaired) electrons. The topological polar surface area (TPSA) is 81.9 Å².